The second-order valence-electron chi connectivity index (χ2n) is 4.90. The molecule has 1 N–H and O–H groups in total. The van der Waals surface area contributed by atoms with E-state index in [-0.39, 0.29) is 12.0 Å². The van der Waals surface area contributed by atoms with Crippen molar-refractivity contribution in [3.05, 3.63) is 34.8 Å². The Morgan fingerprint density at radius 2 is 2.00 bits per heavy atom. The first-order valence-corrected chi connectivity index (χ1v) is 7.80. The van der Waals surface area contributed by atoms with Crippen LogP contribution in [0.5, 0.6) is 5.75 Å². The molecule has 0 fully saturated rings. The molecule has 0 aliphatic carbocycles. The summed E-state index contributed by atoms with van der Waals surface area (Å²) < 4.78 is 5.55. The molecule has 21 heavy (non-hydrogen) atoms. The lowest BCUT2D eigenvalue weighted by molar-refractivity contribution is 0.102. The van der Waals surface area contributed by atoms with Gasteiger partial charge in [-0.25, -0.2) is 0 Å². The summed E-state index contributed by atoms with van der Waals surface area (Å²) >= 11 is 1.41. The van der Waals surface area contributed by atoms with Crippen LogP contribution in [0.2, 0.25) is 0 Å². The Morgan fingerprint density at radius 3 is 2.62 bits per heavy atom. The van der Waals surface area contributed by atoms with E-state index in [1.807, 2.05) is 13.8 Å². The smallest absolute Gasteiger partial charge is 0.257 e. The fourth-order valence-electron chi connectivity index (χ4n) is 1.75. The van der Waals surface area contributed by atoms with Crippen LogP contribution in [0.3, 0.4) is 0 Å². The Kier molecular flexibility index (Phi) is 5.27. The van der Waals surface area contributed by atoms with Gasteiger partial charge < -0.3 is 4.74 Å². The highest BCUT2D eigenvalue weighted by atomic mass is 32.1. The fourth-order valence-corrected chi connectivity index (χ4v) is 2.58. The quantitative estimate of drug-likeness (QED) is 0.886. The molecule has 0 saturated heterocycles. The lowest BCUT2D eigenvalue weighted by Crippen LogP contribution is -2.12. The molecule has 1 aromatic heterocycles. The third-order valence-corrected chi connectivity index (χ3v) is 3.54. The molecular weight excluding hydrogens is 286 g/mol. The molecular formula is C15H19N3O2S. The second-order valence-corrected chi connectivity index (χ2v) is 5.96. The van der Waals surface area contributed by atoms with Gasteiger partial charge in [0.05, 0.1) is 6.10 Å². The standard InChI is InChI=1S/C15H19N3O2S/c1-4-5-13-17-18-15(21-13)16-14(19)11-6-8-12(9-7-11)20-10(2)3/h6-10H,4-5H2,1-3H3,(H,16,18,19). The largest absolute Gasteiger partial charge is 0.491 e. The number of aromatic nitrogens is 2. The number of ether oxygens (including phenoxy) is 1. The maximum atomic E-state index is 12.1. The number of hydrogen-bond donors (Lipinski definition) is 1. The van der Waals surface area contributed by atoms with Crippen molar-refractivity contribution in [1.29, 1.82) is 0 Å². The Hall–Kier alpha value is -1.95. The molecule has 1 amide bonds. The van der Waals surface area contributed by atoms with Gasteiger partial charge >= 0.3 is 0 Å². The zero-order chi connectivity index (χ0) is 15.2. The number of nitrogens with one attached hydrogen (secondary N) is 1. The average molecular weight is 305 g/mol. The summed E-state index contributed by atoms with van der Waals surface area (Å²) in [7, 11) is 0. The summed E-state index contributed by atoms with van der Waals surface area (Å²) in [5, 5.41) is 12.2. The van der Waals surface area contributed by atoms with Gasteiger partial charge in [0.25, 0.3) is 5.91 Å². The SMILES string of the molecule is CCCc1nnc(NC(=O)c2ccc(OC(C)C)cc2)s1. The van der Waals surface area contributed by atoms with Gasteiger partial charge in [-0.05, 0) is 44.5 Å². The molecule has 6 heteroatoms. The predicted molar refractivity (Wildman–Crippen MR) is 84.1 cm³/mol. The van der Waals surface area contributed by atoms with Gasteiger partial charge in [-0.1, -0.05) is 18.3 Å². The van der Waals surface area contributed by atoms with Crippen molar-refractivity contribution in [3.63, 3.8) is 0 Å². The molecule has 0 saturated carbocycles. The van der Waals surface area contributed by atoms with E-state index in [1.165, 1.54) is 11.3 Å². The van der Waals surface area contributed by atoms with E-state index in [4.69, 9.17) is 4.74 Å². The van der Waals surface area contributed by atoms with Crippen LogP contribution in [-0.4, -0.2) is 22.2 Å². The minimum atomic E-state index is -0.190. The van der Waals surface area contributed by atoms with Gasteiger partial charge in [-0.3, -0.25) is 10.1 Å². The second kappa shape index (κ2) is 7.17. The number of nitrogens with zero attached hydrogens (tertiary/aromatic N) is 2. The molecule has 1 aromatic carbocycles. The molecule has 2 aromatic rings. The zero-order valence-corrected chi connectivity index (χ0v) is 13.2. The number of benzene rings is 1. The zero-order valence-electron chi connectivity index (χ0n) is 12.4. The van der Waals surface area contributed by atoms with Crippen LogP contribution in [0, 0.1) is 0 Å². The summed E-state index contributed by atoms with van der Waals surface area (Å²) in [6.45, 7) is 6.01. The lowest BCUT2D eigenvalue weighted by Gasteiger charge is -2.09. The number of anilines is 1. The van der Waals surface area contributed by atoms with Crippen LogP contribution in [0.1, 0.15) is 42.6 Å². The molecule has 0 radical (unpaired) electrons. The van der Waals surface area contributed by atoms with Gasteiger partial charge in [-0.2, -0.15) is 0 Å². The summed E-state index contributed by atoms with van der Waals surface area (Å²) in [6.07, 6.45) is 2.01. The van der Waals surface area contributed by atoms with Crippen molar-refractivity contribution in [2.24, 2.45) is 0 Å². The first-order valence-electron chi connectivity index (χ1n) is 6.99. The molecule has 2 rings (SSSR count). The highest BCUT2D eigenvalue weighted by Gasteiger charge is 2.10. The number of carbonyl (C=O) groups excluding carboxylic acids is 1. The van der Waals surface area contributed by atoms with E-state index in [2.05, 4.69) is 22.4 Å². The molecule has 0 spiro atoms. The summed E-state index contributed by atoms with van der Waals surface area (Å²) in [5.41, 5.74) is 0.568. The number of amides is 1. The summed E-state index contributed by atoms with van der Waals surface area (Å²) in [6, 6.07) is 7.05. The van der Waals surface area contributed by atoms with Crippen molar-refractivity contribution >= 4 is 22.4 Å². The van der Waals surface area contributed by atoms with E-state index < -0.39 is 0 Å². The number of rotatable bonds is 6. The van der Waals surface area contributed by atoms with Crippen molar-refractivity contribution in [1.82, 2.24) is 10.2 Å². The van der Waals surface area contributed by atoms with E-state index >= 15 is 0 Å². The molecule has 0 aliphatic rings. The Bertz CT molecular complexity index is 593. The van der Waals surface area contributed by atoms with Gasteiger partial charge in [-0.15, -0.1) is 10.2 Å². The van der Waals surface area contributed by atoms with Gasteiger partial charge in [0.15, 0.2) is 0 Å². The summed E-state index contributed by atoms with van der Waals surface area (Å²) in [5.74, 6) is 0.563. The van der Waals surface area contributed by atoms with E-state index in [0.717, 1.165) is 23.6 Å². The fraction of sp³-hybridized carbons (Fsp3) is 0.400. The van der Waals surface area contributed by atoms with E-state index in [9.17, 15) is 4.79 Å². The van der Waals surface area contributed by atoms with Crippen molar-refractivity contribution < 1.29 is 9.53 Å². The van der Waals surface area contributed by atoms with Gasteiger partial charge in [0.2, 0.25) is 5.13 Å². The number of carbonyl (C=O) groups is 1. The Labute approximate surface area is 128 Å². The minimum absolute atomic E-state index is 0.114. The molecule has 0 bridgehead atoms. The van der Waals surface area contributed by atoms with Gasteiger partial charge in [0.1, 0.15) is 10.8 Å². The average Bonchev–Trinajstić information content (AvgIpc) is 2.86. The van der Waals surface area contributed by atoms with Crippen molar-refractivity contribution in [2.75, 3.05) is 5.32 Å². The number of hydrogen-bond acceptors (Lipinski definition) is 5. The van der Waals surface area contributed by atoms with Crippen LogP contribution in [0.15, 0.2) is 24.3 Å². The van der Waals surface area contributed by atoms with Crippen molar-refractivity contribution in [3.8, 4) is 5.75 Å². The summed E-state index contributed by atoms with van der Waals surface area (Å²) in [4.78, 5) is 12.1. The number of aryl methyl sites for hydroxylation is 1. The first-order chi connectivity index (χ1) is 10.1. The van der Waals surface area contributed by atoms with Crippen LogP contribution < -0.4 is 10.1 Å². The maximum Gasteiger partial charge on any atom is 0.257 e. The normalized spacial score (nSPS) is 10.7. The monoisotopic (exact) mass is 305 g/mol. The minimum Gasteiger partial charge on any atom is -0.491 e. The Balaban J connectivity index is 1.99. The molecule has 0 atom stereocenters. The van der Waals surface area contributed by atoms with Crippen LogP contribution >= 0.6 is 11.3 Å². The third kappa shape index (κ3) is 4.53. The van der Waals surface area contributed by atoms with E-state index in [0.29, 0.717) is 10.7 Å². The first kappa shape index (κ1) is 15.4. The van der Waals surface area contributed by atoms with Crippen LogP contribution in [0.25, 0.3) is 0 Å². The maximum absolute atomic E-state index is 12.1. The van der Waals surface area contributed by atoms with Crippen molar-refractivity contribution in [2.45, 2.75) is 39.7 Å². The molecule has 1 heterocycles. The van der Waals surface area contributed by atoms with E-state index in [1.54, 1.807) is 24.3 Å². The van der Waals surface area contributed by atoms with Crippen LogP contribution in [0.4, 0.5) is 5.13 Å². The molecule has 112 valence electrons. The third-order valence-electron chi connectivity index (χ3n) is 2.64. The topological polar surface area (TPSA) is 64.1 Å². The van der Waals surface area contributed by atoms with Gasteiger partial charge in [0, 0.05) is 12.0 Å². The lowest BCUT2D eigenvalue weighted by atomic mass is 10.2. The van der Waals surface area contributed by atoms with Crippen LogP contribution in [-0.2, 0) is 6.42 Å². The predicted octanol–water partition coefficient (Wildman–Crippen LogP) is 3.53. The Morgan fingerprint density at radius 1 is 1.29 bits per heavy atom. The highest BCUT2D eigenvalue weighted by Crippen LogP contribution is 2.18. The molecule has 0 aliphatic heterocycles. The molecule has 0 unspecified atom stereocenters. The molecule has 5 nitrogen and oxygen atoms in total. The highest BCUT2D eigenvalue weighted by molar-refractivity contribution is 7.15.